The maximum atomic E-state index is 11.5. The van der Waals surface area contributed by atoms with Crippen molar-refractivity contribution in [2.75, 3.05) is 6.54 Å². The van der Waals surface area contributed by atoms with Gasteiger partial charge in [-0.15, -0.1) is 0 Å². The number of alkyl carbamates (subject to hydrolysis) is 1. The molecule has 1 fully saturated rings. The van der Waals surface area contributed by atoms with E-state index in [0.717, 1.165) is 25.7 Å². The lowest BCUT2D eigenvalue weighted by molar-refractivity contribution is 0.0514. The van der Waals surface area contributed by atoms with Crippen molar-refractivity contribution in [1.82, 2.24) is 10.6 Å². The number of nitrogens with two attached hydrogens (primary N) is 2. The highest BCUT2D eigenvalue weighted by Crippen LogP contribution is 2.23. The van der Waals surface area contributed by atoms with Gasteiger partial charge >= 0.3 is 6.09 Å². The molecule has 0 atom stereocenters. The van der Waals surface area contributed by atoms with Gasteiger partial charge in [0.25, 0.3) is 0 Å². The highest BCUT2D eigenvalue weighted by Gasteiger charge is 2.22. The Hall–Kier alpha value is -2.35. The second-order valence-electron chi connectivity index (χ2n) is 7.84. The third-order valence-electron chi connectivity index (χ3n) is 4.19. The molecule has 2 amide bonds. The average Bonchev–Trinajstić information content (AvgIpc) is 2.60. The van der Waals surface area contributed by atoms with Crippen molar-refractivity contribution in [3.05, 3.63) is 35.9 Å². The number of primary amides is 1. The van der Waals surface area contributed by atoms with Gasteiger partial charge in [0.05, 0.1) is 0 Å². The Morgan fingerprint density at radius 1 is 1.11 bits per heavy atom. The summed E-state index contributed by atoms with van der Waals surface area (Å²) in [5.74, 6) is 0.132. The van der Waals surface area contributed by atoms with Crippen molar-refractivity contribution < 1.29 is 14.3 Å². The molecule has 0 saturated heterocycles. The van der Waals surface area contributed by atoms with Crippen molar-refractivity contribution in [3.63, 3.8) is 0 Å². The molecule has 7 nitrogen and oxygen atoms in total. The number of carbonyl (C=O) groups excluding carboxylic acids is 2. The molecule has 6 N–H and O–H groups in total. The van der Waals surface area contributed by atoms with Gasteiger partial charge in [0.2, 0.25) is 5.91 Å². The zero-order chi connectivity index (χ0) is 21.2. The number of rotatable bonds is 4. The van der Waals surface area contributed by atoms with Gasteiger partial charge in [-0.05, 0) is 76.7 Å². The van der Waals surface area contributed by atoms with Crippen LogP contribution in [0.1, 0.15) is 56.8 Å². The molecule has 8 heteroatoms. The van der Waals surface area contributed by atoms with Gasteiger partial charge in [0.15, 0.2) is 5.11 Å². The second kappa shape index (κ2) is 11.5. The third-order valence-corrected chi connectivity index (χ3v) is 4.30. The molecule has 0 aliphatic heterocycles. The first-order valence-corrected chi connectivity index (χ1v) is 9.85. The number of amides is 2. The first-order chi connectivity index (χ1) is 13.1. The summed E-state index contributed by atoms with van der Waals surface area (Å²) in [5, 5.41) is 6.30. The smallest absolute Gasteiger partial charge is 0.407 e. The Morgan fingerprint density at radius 2 is 1.68 bits per heavy atom. The van der Waals surface area contributed by atoms with E-state index in [-0.39, 0.29) is 12.0 Å². The first kappa shape index (κ1) is 23.7. The maximum absolute atomic E-state index is 11.5. The fourth-order valence-corrected chi connectivity index (χ4v) is 3.02. The molecular formula is C20H32N4O3S. The van der Waals surface area contributed by atoms with Gasteiger partial charge in [-0.25, -0.2) is 4.79 Å². The van der Waals surface area contributed by atoms with Gasteiger partial charge < -0.3 is 26.8 Å². The molecule has 0 bridgehead atoms. The Bertz CT molecular complexity index is 639. The fourth-order valence-electron chi connectivity index (χ4n) is 2.86. The van der Waals surface area contributed by atoms with E-state index in [0.29, 0.717) is 29.2 Å². The SMILES string of the molecule is CC(C)(C)OC(=O)NC[C@H]1CC[C@H](NC(N)=S)CC1.NC(=O)c1ccccc1. The van der Waals surface area contributed by atoms with Crippen LogP contribution in [0.15, 0.2) is 30.3 Å². The summed E-state index contributed by atoms with van der Waals surface area (Å²) in [6.07, 6.45) is 3.87. The van der Waals surface area contributed by atoms with Crippen molar-refractivity contribution in [3.8, 4) is 0 Å². The first-order valence-electron chi connectivity index (χ1n) is 9.44. The van der Waals surface area contributed by atoms with Crippen LogP contribution in [0, 0.1) is 5.92 Å². The van der Waals surface area contributed by atoms with Gasteiger partial charge in [-0.3, -0.25) is 4.79 Å². The minimum absolute atomic E-state index is 0.337. The van der Waals surface area contributed by atoms with Crippen molar-refractivity contribution in [1.29, 1.82) is 0 Å². The largest absolute Gasteiger partial charge is 0.444 e. The molecule has 0 heterocycles. The number of hydrogen-bond donors (Lipinski definition) is 4. The average molecular weight is 409 g/mol. The summed E-state index contributed by atoms with van der Waals surface area (Å²) in [5.41, 5.74) is 10.5. The van der Waals surface area contributed by atoms with Gasteiger partial charge in [0, 0.05) is 18.2 Å². The minimum Gasteiger partial charge on any atom is -0.444 e. The Balaban J connectivity index is 0.000000362. The molecule has 1 aromatic carbocycles. The molecule has 28 heavy (non-hydrogen) atoms. The molecule has 0 unspecified atom stereocenters. The van der Waals surface area contributed by atoms with E-state index in [1.54, 1.807) is 24.3 Å². The molecular weight excluding hydrogens is 376 g/mol. The molecule has 0 radical (unpaired) electrons. The zero-order valence-corrected chi connectivity index (χ0v) is 17.7. The number of carbonyl (C=O) groups is 2. The Labute approximate surface area is 172 Å². The predicted molar refractivity (Wildman–Crippen MR) is 115 cm³/mol. The summed E-state index contributed by atoms with van der Waals surface area (Å²) in [4.78, 5) is 22.0. The molecule has 0 spiro atoms. The standard InChI is InChI=1S/C13H25N3O2S.C7H7NO/c1-13(2,3)18-12(17)15-8-9-4-6-10(7-5-9)16-11(14)19;8-7(9)6-4-2-1-3-5-6/h9-10H,4-8H2,1-3H3,(H,15,17)(H3,14,16,19);1-5H,(H2,8,9)/t9-,10-;. The van der Waals surface area contributed by atoms with E-state index in [2.05, 4.69) is 10.6 Å². The van der Waals surface area contributed by atoms with Crippen LogP contribution in [0.2, 0.25) is 0 Å². The molecule has 1 aromatic rings. The van der Waals surface area contributed by atoms with E-state index < -0.39 is 5.60 Å². The number of thiocarbonyl (C=S) groups is 1. The normalized spacial score (nSPS) is 18.8. The third kappa shape index (κ3) is 10.7. The summed E-state index contributed by atoms with van der Waals surface area (Å²) >= 11 is 4.83. The molecule has 1 aliphatic carbocycles. The topological polar surface area (TPSA) is 119 Å². The summed E-state index contributed by atoms with van der Waals surface area (Å²) in [7, 11) is 0. The van der Waals surface area contributed by atoms with Crippen LogP contribution in [-0.4, -0.2) is 35.3 Å². The molecule has 1 aliphatic rings. The van der Waals surface area contributed by atoms with E-state index in [9.17, 15) is 9.59 Å². The van der Waals surface area contributed by atoms with Crippen LogP contribution in [0.3, 0.4) is 0 Å². The number of nitrogens with one attached hydrogen (secondary N) is 2. The number of hydrogen-bond acceptors (Lipinski definition) is 4. The maximum Gasteiger partial charge on any atom is 0.407 e. The highest BCUT2D eigenvalue weighted by atomic mass is 32.1. The summed E-state index contributed by atoms with van der Waals surface area (Å²) in [6, 6.07) is 9.15. The van der Waals surface area contributed by atoms with Crippen LogP contribution in [0.25, 0.3) is 0 Å². The van der Waals surface area contributed by atoms with E-state index in [1.807, 2.05) is 26.8 Å². The van der Waals surface area contributed by atoms with E-state index in [1.165, 1.54) is 0 Å². The molecule has 156 valence electrons. The van der Waals surface area contributed by atoms with Gasteiger partial charge in [0.1, 0.15) is 5.60 Å². The Kier molecular flexibility index (Phi) is 9.72. The van der Waals surface area contributed by atoms with Crippen LogP contribution in [-0.2, 0) is 4.74 Å². The van der Waals surface area contributed by atoms with Crippen LogP contribution in [0.4, 0.5) is 4.79 Å². The van der Waals surface area contributed by atoms with Crippen LogP contribution >= 0.6 is 12.2 Å². The lowest BCUT2D eigenvalue weighted by Gasteiger charge is -2.29. The van der Waals surface area contributed by atoms with Crippen LogP contribution < -0.4 is 22.1 Å². The molecule has 1 saturated carbocycles. The minimum atomic E-state index is -0.442. The highest BCUT2D eigenvalue weighted by molar-refractivity contribution is 7.80. The van der Waals surface area contributed by atoms with Crippen molar-refractivity contribution in [2.45, 2.75) is 58.1 Å². The number of benzene rings is 1. The van der Waals surface area contributed by atoms with Crippen molar-refractivity contribution in [2.24, 2.45) is 17.4 Å². The van der Waals surface area contributed by atoms with Crippen molar-refractivity contribution >= 4 is 29.3 Å². The lowest BCUT2D eigenvalue weighted by atomic mass is 9.86. The van der Waals surface area contributed by atoms with Crippen LogP contribution in [0.5, 0.6) is 0 Å². The molecule has 0 aromatic heterocycles. The van der Waals surface area contributed by atoms with Gasteiger partial charge in [-0.1, -0.05) is 18.2 Å². The lowest BCUT2D eigenvalue weighted by Crippen LogP contribution is -2.42. The molecule has 2 rings (SSSR count). The quantitative estimate of drug-likeness (QED) is 0.569. The monoisotopic (exact) mass is 408 g/mol. The Morgan fingerprint density at radius 3 is 2.11 bits per heavy atom. The van der Waals surface area contributed by atoms with Gasteiger partial charge in [-0.2, -0.15) is 0 Å². The zero-order valence-electron chi connectivity index (χ0n) is 16.9. The summed E-state index contributed by atoms with van der Waals surface area (Å²) < 4.78 is 5.21. The second-order valence-corrected chi connectivity index (χ2v) is 8.28. The van der Waals surface area contributed by atoms with E-state index in [4.69, 9.17) is 28.4 Å². The predicted octanol–water partition coefficient (Wildman–Crippen LogP) is 2.69. The van der Waals surface area contributed by atoms with E-state index >= 15 is 0 Å². The summed E-state index contributed by atoms with van der Waals surface area (Å²) in [6.45, 7) is 6.26. The number of ether oxygens (including phenoxy) is 1. The fraction of sp³-hybridized carbons (Fsp3) is 0.550.